The highest BCUT2D eigenvalue weighted by atomic mass is 32.2. The molecule has 0 saturated heterocycles. The summed E-state index contributed by atoms with van der Waals surface area (Å²) in [6.45, 7) is 2.00. The standard InChI is InChI=1S/C34H37N3O6S/c1-2-19-18-30(44(40,41)42)29-17-25(32(39)21-5-10-26(38)11-6-21)16-23-4-3-22-15-24(9-14-28(22)31(23)29)33(37-34(35)36)43-27-12-7-20(19)8-13-27/h3-15,17,19,23,29-33,38-39H,2,16,18H2,1H3,(H4,35,36,37)(H,40,41,42). The average Bonchev–Trinajstić information content (AvgIpc) is 3.00. The van der Waals surface area contributed by atoms with Crippen LogP contribution >= 0.6 is 0 Å². The lowest BCUT2D eigenvalue weighted by molar-refractivity contribution is 0.195. The maximum atomic E-state index is 13.3. The van der Waals surface area contributed by atoms with Gasteiger partial charge >= 0.3 is 0 Å². The third-order valence-corrected chi connectivity index (χ3v) is 10.6. The fourth-order valence-electron chi connectivity index (χ4n) is 7.11. The van der Waals surface area contributed by atoms with Gasteiger partial charge in [0.05, 0.1) is 5.25 Å². The van der Waals surface area contributed by atoms with Gasteiger partial charge in [0.1, 0.15) is 17.6 Å². The van der Waals surface area contributed by atoms with E-state index in [1.807, 2.05) is 61.5 Å². The van der Waals surface area contributed by atoms with Crippen LogP contribution in [0.2, 0.25) is 0 Å². The smallest absolute Gasteiger partial charge is 0.268 e. The van der Waals surface area contributed by atoms with E-state index in [0.29, 0.717) is 29.7 Å². The number of phenolic OH excluding ortho intramolecular Hbond substituents is 1. The quantitative estimate of drug-likeness (QED) is 0.111. The van der Waals surface area contributed by atoms with Crippen LogP contribution in [0.1, 0.15) is 78.2 Å². The molecular formula is C34H37N3O6S. The zero-order valence-corrected chi connectivity index (χ0v) is 25.1. The summed E-state index contributed by atoms with van der Waals surface area (Å²) in [5.74, 6) is -0.691. The summed E-state index contributed by atoms with van der Waals surface area (Å²) in [7, 11) is -4.53. The van der Waals surface area contributed by atoms with Gasteiger partial charge in [0.15, 0.2) is 5.96 Å². The zero-order chi connectivity index (χ0) is 31.2. The molecule has 0 amide bonds. The van der Waals surface area contributed by atoms with Crippen molar-refractivity contribution in [2.24, 2.45) is 28.3 Å². The number of hydrogen-bond donors (Lipinski definition) is 5. The Bertz CT molecular complexity index is 1730. The van der Waals surface area contributed by atoms with Crippen molar-refractivity contribution >= 4 is 22.2 Å². The highest BCUT2D eigenvalue weighted by Gasteiger charge is 2.45. The zero-order valence-electron chi connectivity index (χ0n) is 24.3. The summed E-state index contributed by atoms with van der Waals surface area (Å²) >= 11 is 0. The third-order valence-electron chi connectivity index (χ3n) is 9.28. The van der Waals surface area contributed by atoms with Crippen molar-refractivity contribution in [2.45, 2.75) is 55.6 Å². The van der Waals surface area contributed by atoms with E-state index in [2.05, 4.69) is 11.1 Å². The fraction of sp³-hybridized carbons (Fsp3) is 0.324. The first kappa shape index (κ1) is 29.9. The largest absolute Gasteiger partial charge is 0.508 e. The molecule has 4 heterocycles. The fourth-order valence-corrected chi connectivity index (χ4v) is 8.23. The summed E-state index contributed by atoms with van der Waals surface area (Å²) < 4.78 is 43.7. The molecule has 44 heavy (non-hydrogen) atoms. The number of nitrogens with two attached hydrogens (primary N) is 2. The van der Waals surface area contributed by atoms with Crippen LogP contribution in [0.4, 0.5) is 0 Å². The Morgan fingerprint density at radius 2 is 1.75 bits per heavy atom. The molecule has 2 aliphatic carbocycles. The number of aliphatic hydroxyl groups excluding tert-OH is 1. The molecule has 0 spiro atoms. The Morgan fingerprint density at radius 3 is 2.41 bits per heavy atom. The van der Waals surface area contributed by atoms with E-state index in [0.717, 1.165) is 22.3 Å². The van der Waals surface area contributed by atoms with Gasteiger partial charge in [-0.1, -0.05) is 61.5 Å². The molecule has 4 aliphatic heterocycles. The Kier molecular flexibility index (Phi) is 8.00. The molecule has 7 unspecified atom stereocenters. The van der Waals surface area contributed by atoms with Gasteiger partial charge in [-0.2, -0.15) is 8.42 Å². The second-order valence-corrected chi connectivity index (χ2v) is 13.6. The Morgan fingerprint density at radius 1 is 1.05 bits per heavy atom. The minimum atomic E-state index is -4.53. The van der Waals surface area contributed by atoms with Crippen LogP contribution in [-0.2, 0) is 10.1 Å². The summed E-state index contributed by atoms with van der Waals surface area (Å²) in [6.07, 6.45) is 5.47. The van der Waals surface area contributed by atoms with E-state index in [9.17, 15) is 23.2 Å². The lowest BCUT2D eigenvalue weighted by atomic mass is 9.64. The molecule has 0 fully saturated rings. The third kappa shape index (κ3) is 5.85. The summed E-state index contributed by atoms with van der Waals surface area (Å²) in [5.41, 5.74) is 16.3. The maximum Gasteiger partial charge on any atom is 0.268 e. The van der Waals surface area contributed by atoms with Gasteiger partial charge in [-0.15, -0.1) is 0 Å². The first-order chi connectivity index (χ1) is 21.0. The molecule has 6 aliphatic rings. The molecule has 3 aromatic carbocycles. The van der Waals surface area contributed by atoms with Crippen molar-refractivity contribution in [1.82, 2.24) is 0 Å². The van der Waals surface area contributed by atoms with Gasteiger partial charge in [-0.3, -0.25) is 4.55 Å². The molecule has 9 rings (SSSR count). The number of benzene rings is 3. The van der Waals surface area contributed by atoms with Crippen molar-refractivity contribution in [1.29, 1.82) is 0 Å². The van der Waals surface area contributed by atoms with Gasteiger partial charge in [-0.05, 0) is 95.2 Å². The van der Waals surface area contributed by atoms with Crippen LogP contribution in [0.15, 0.2) is 89.4 Å². The highest BCUT2D eigenvalue weighted by molar-refractivity contribution is 7.86. The van der Waals surface area contributed by atoms with Crippen LogP contribution in [0, 0.1) is 11.8 Å². The number of ether oxygens (including phenoxy) is 1. The molecule has 3 aromatic rings. The molecule has 0 aromatic heterocycles. The molecule has 6 bridgehead atoms. The summed E-state index contributed by atoms with van der Waals surface area (Å²) in [6, 6.07) is 19.6. The number of nitrogens with zero attached hydrogens (tertiary/aromatic N) is 1. The van der Waals surface area contributed by atoms with Crippen molar-refractivity contribution in [3.05, 3.63) is 112 Å². The van der Waals surface area contributed by atoms with Crippen LogP contribution in [0.3, 0.4) is 0 Å². The Balaban J connectivity index is 1.55. The molecule has 7 atom stereocenters. The van der Waals surface area contributed by atoms with Crippen molar-refractivity contribution < 1.29 is 27.9 Å². The second-order valence-electron chi connectivity index (χ2n) is 11.9. The Hall–Kier alpha value is -4.12. The minimum absolute atomic E-state index is 0.0872. The highest BCUT2D eigenvalue weighted by Crippen LogP contribution is 2.52. The molecule has 9 nitrogen and oxygen atoms in total. The van der Waals surface area contributed by atoms with E-state index in [1.165, 1.54) is 12.1 Å². The first-order valence-electron chi connectivity index (χ1n) is 14.8. The van der Waals surface area contributed by atoms with Crippen molar-refractivity contribution in [3.63, 3.8) is 0 Å². The van der Waals surface area contributed by atoms with E-state index in [1.54, 1.807) is 12.1 Å². The second kappa shape index (κ2) is 11.8. The number of aromatic hydroxyl groups is 1. The predicted molar refractivity (Wildman–Crippen MR) is 170 cm³/mol. The molecule has 230 valence electrons. The number of phenols is 1. The number of guanidine groups is 1. The van der Waals surface area contributed by atoms with E-state index < -0.39 is 33.6 Å². The monoisotopic (exact) mass is 615 g/mol. The first-order valence-corrected chi connectivity index (χ1v) is 16.3. The van der Waals surface area contributed by atoms with Crippen LogP contribution in [0.5, 0.6) is 11.5 Å². The van der Waals surface area contributed by atoms with Crippen molar-refractivity contribution in [2.75, 3.05) is 0 Å². The van der Waals surface area contributed by atoms with Crippen LogP contribution < -0.4 is 16.2 Å². The van der Waals surface area contributed by atoms with Crippen molar-refractivity contribution in [3.8, 4) is 11.5 Å². The topological polar surface area (TPSA) is 168 Å². The number of rotatable bonds is 5. The van der Waals surface area contributed by atoms with Gasteiger partial charge in [0.25, 0.3) is 10.1 Å². The Labute approximate surface area is 257 Å². The lowest BCUT2D eigenvalue weighted by Crippen LogP contribution is -2.39. The molecule has 7 N–H and O–H groups in total. The van der Waals surface area contributed by atoms with Gasteiger partial charge < -0.3 is 26.4 Å². The summed E-state index contributed by atoms with van der Waals surface area (Å²) in [4.78, 5) is 4.34. The molecular weight excluding hydrogens is 578 g/mol. The lowest BCUT2D eigenvalue weighted by Gasteiger charge is -2.43. The number of aliphatic imine (C=N–C) groups is 1. The molecule has 0 radical (unpaired) electrons. The van der Waals surface area contributed by atoms with Gasteiger partial charge in [0, 0.05) is 11.5 Å². The van der Waals surface area contributed by atoms with E-state index in [-0.39, 0.29) is 35.9 Å². The maximum absolute atomic E-state index is 13.3. The van der Waals surface area contributed by atoms with Crippen LogP contribution in [-0.4, -0.2) is 34.4 Å². The van der Waals surface area contributed by atoms with E-state index in [4.69, 9.17) is 16.2 Å². The average molecular weight is 616 g/mol. The molecule has 0 saturated carbocycles. The van der Waals surface area contributed by atoms with Gasteiger partial charge in [0.2, 0.25) is 6.23 Å². The minimum Gasteiger partial charge on any atom is -0.508 e. The summed E-state index contributed by atoms with van der Waals surface area (Å²) in [5, 5.41) is 20.1. The number of allylic oxidation sites excluding steroid dienone is 2. The predicted octanol–water partition coefficient (Wildman–Crippen LogP) is 5.30. The molecule has 10 heteroatoms. The van der Waals surface area contributed by atoms with Gasteiger partial charge in [-0.25, -0.2) is 4.99 Å². The normalized spacial score (nSPS) is 26.6. The van der Waals surface area contributed by atoms with E-state index >= 15 is 0 Å². The SMILES string of the molecule is CCC1CC(S(=O)(=O)O)C2C=C(C(O)c3ccc(O)cc3)CC3C=Cc4cc(ccc4C32)C(N=C(N)N)Oc2ccc1cc2. The number of aliphatic hydroxyl groups is 1. The number of hydrogen-bond acceptors (Lipinski definition) is 6. The van der Waals surface area contributed by atoms with Crippen LogP contribution in [0.25, 0.3) is 6.08 Å².